The van der Waals surface area contributed by atoms with Crippen molar-refractivity contribution in [3.05, 3.63) is 135 Å². The Morgan fingerprint density at radius 1 is 0.942 bits per heavy atom. The Morgan fingerprint density at radius 2 is 1.67 bits per heavy atom. The van der Waals surface area contributed by atoms with E-state index < -0.39 is 45.9 Å². The molecule has 2 heterocycles. The van der Waals surface area contributed by atoms with E-state index in [-0.39, 0.29) is 29.8 Å². The van der Waals surface area contributed by atoms with Crippen LogP contribution in [0.3, 0.4) is 0 Å². The minimum atomic E-state index is -3.64. The first-order valence-corrected chi connectivity index (χ1v) is 19.3. The molecule has 1 saturated carbocycles. The van der Waals surface area contributed by atoms with Crippen molar-refractivity contribution in [2.24, 2.45) is 0 Å². The number of hydrogen-bond acceptors (Lipinski definition) is 8. The molecular formula is C37H37Cl2N4O8S+. The quantitative estimate of drug-likeness (QED) is 0.0808. The zero-order valence-corrected chi connectivity index (χ0v) is 30.4. The van der Waals surface area contributed by atoms with Crippen molar-refractivity contribution in [3.8, 4) is 0 Å². The maximum Gasteiger partial charge on any atom is 0.338 e. The first-order valence-electron chi connectivity index (χ1n) is 16.6. The van der Waals surface area contributed by atoms with Crippen molar-refractivity contribution in [1.82, 2.24) is 15.1 Å². The molecule has 0 saturated heterocycles. The highest BCUT2D eigenvalue weighted by Crippen LogP contribution is 2.47. The normalized spacial score (nSPS) is 20.2. The molecule has 4 atom stereocenters. The first kappa shape index (κ1) is 37.2. The zero-order valence-electron chi connectivity index (χ0n) is 28.1. The Hall–Kier alpha value is -4.53. The summed E-state index contributed by atoms with van der Waals surface area (Å²) in [6, 6.07) is 21.2. The van der Waals surface area contributed by atoms with Crippen LogP contribution in [0.15, 0.2) is 91.1 Å². The van der Waals surface area contributed by atoms with Gasteiger partial charge in [-0.15, -0.1) is 0 Å². The molecule has 6 rings (SSSR count). The fourth-order valence-electron chi connectivity index (χ4n) is 6.94. The van der Waals surface area contributed by atoms with Gasteiger partial charge in [0.05, 0.1) is 29.3 Å². The van der Waals surface area contributed by atoms with E-state index in [1.54, 1.807) is 83.8 Å². The molecule has 2 amide bonds. The standard InChI is InChI=1S/C37H36Cl2N4O8S/c1-52(48,49)41-31-13-7-8-14-32(31)43-34(29-18-16-25(38)19-30(29)39)33(27-11-5-6-12-28(27)36(43)45)35(44)40-51-22-26-17-15-23(20-42(26)47)21-50-37(46)24-9-3-2-4-10-24/h2-6,9-12,15-20,31-34,41H,7-8,13-14,21-22H2,1H3,(H-,40,44,47)/p+1/t31-,32-,33+,34-/m0/s1. The van der Waals surface area contributed by atoms with Crippen molar-refractivity contribution >= 4 is 51.0 Å². The van der Waals surface area contributed by atoms with Crippen molar-refractivity contribution in [1.29, 1.82) is 0 Å². The van der Waals surface area contributed by atoms with Crippen molar-refractivity contribution in [2.75, 3.05) is 6.26 Å². The number of nitrogens with zero attached hydrogens (tertiary/aromatic N) is 2. The van der Waals surface area contributed by atoms with Gasteiger partial charge >= 0.3 is 5.97 Å². The van der Waals surface area contributed by atoms with Gasteiger partial charge in [-0.25, -0.2) is 23.4 Å². The SMILES string of the molecule is CS(=O)(=O)N[C@H]1CCCC[C@@H]1N1C(=O)c2ccccc2[C@@H](C(=O)NOCc2ccc(COC(=O)c3ccccc3)c[n+]2O)[C@@H]1c1ccc(Cl)cc1Cl. The number of amides is 2. The summed E-state index contributed by atoms with van der Waals surface area (Å²) in [4.78, 5) is 48.3. The van der Waals surface area contributed by atoms with Crippen LogP contribution in [0.2, 0.25) is 10.0 Å². The zero-order chi connectivity index (χ0) is 37.0. The molecule has 1 aliphatic carbocycles. The molecule has 0 bridgehead atoms. The van der Waals surface area contributed by atoms with E-state index in [4.69, 9.17) is 32.8 Å². The molecular weight excluding hydrogens is 731 g/mol. The lowest BCUT2D eigenvalue weighted by molar-refractivity contribution is -0.911. The number of fused-ring (bicyclic) bond motifs is 1. The third-order valence-electron chi connectivity index (χ3n) is 9.24. The van der Waals surface area contributed by atoms with Crippen LogP contribution in [0.25, 0.3) is 0 Å². The van der Waals surface area contributed by atoms with Gasteiger partial charge in [0.1, 0.15) is 6.61 Å². The number of carbonyl (C=O) groups is 3. The fraction of sp³-hybridized carbons (Fsp3) is 0.297. The van der Waals surface area contributed by atoms with Gasteiger partial charge < -0.3 is 9.64 Å². The molecule has 52 heavy (non-hydrogen) atoms. The van der Waals surface area contributed by atoms with Crippen LogP contribution >= 0.6 is 23.2 Å². The van der Waals surface area contributed by atoms with Gasteiger partial charge in [0.15, 0.2) is 6.61 Å². The molecule has 1 aromatic heterocycles. The Morgan fingerprint density at radius 3 is 2.40 bits per heavy atom. The lowest BCUT2D eigenvalue weighted by Gasteiger charge is -2.49. The Balaban J connectivity index is 1.26. The number of ether oxygens (including phenoxy) is 1. The molecule has 0 unspecified atom stereocenters. The molecule has 2 aliphatic rings. The second-order valence-electron chi connectivity index (χ2n) is 12.8. The van der Waals surface area contributed by atoms with Crippen LogP contribution in [-0.2, 0) is 37.6 Å². The van der Waals surface area contributed by atoms with Gasteiger partial charge in [0, 0.05) is 38.5 Å². The van der Waals surface area contributed by atoms with Crippen LogP contribution in [0, 0.1) is 0 Å². The van der Waals surface area contributed by atoms with Gasteiger partial charge in [0.25, 0.3) is 17.5 Å². The predicted molar refractivity (Wildman–Crippen MR) is 191 cm³/mol. The van der Waals surface area contributed by atoms with E-state index in [2.05, 4.69) is 10.2 Å². The molecule has 1 aliphatic heterocycles. The number of nitrogens with one attached hydrogen (secondary N) is 2. The topological polar surface area (TPSA) is 155 Å². The van der Waals surface area contributed by atoms with E-state index in [1.165, 1.54) is 12.3 Å². The lowest BCUT2D eigenvalue weighted by atomic mass is 9.76. The number of sulfonamides is 1. The summed E-state index contributed by atoms with van der Waals surface area (Å²) in [5.74, 6) is -2.51. The smallest absolute Gasteiger partial charge is 0.338 e. The summed E-state index contributed by atoms with van der Waals surface area (Å²) >= 11 is 13.1. The average molecular weight is 769 g/mol. The molecule has 15 heteroatoms. The molecule has 3 N–H and O–H groups in total. The molecule has 1 fully saturated rings. The average Bonchev–Trinajstić information content (AvgIpc) is 3.11. The number of benzene rings is 3. The van der Waals surface area contributed by atoms with E-state index in [0.717, 1.165) is 23.8 Å². The third-order valence-corrected chi connectivity index (χ3v) is 10.5. The molecule has 4 aromatic rings. The minimum absolute atomic E-state index is 0.0846. The number of pyridine rings is 1. The summed E-state index contributed by atoms with van der Waals surface area (Å²) in [7, 11) is -3.64. The Kier molecular flexibility index (Phi) is 11.5. The number of halogens is 2. The Bertz CT molecular complexity index is 2090. The van der Waals surface area contributed by atoms with Gasteiger partial charge in [-0.05, 0) is 60.4 Å². The Labute approximate surface area is 311 Å². The van der Waals surface area contributed by atoms with Gasteiger partial charge in [-0.1, -0.05) is 78.5 Å². The lowest BCUT2D eigenvalue weighted by Crippen LogP contribution is -2.59. The number of aromatic nitrogens is 1. The summed E-state index contributed by atoms with van der Waals surface area (Å²) in [6.07, 6.45) is 4.94. The van der Waals surface area contributed by atoms with Crippen molar-refractivity contribution in [2.45, 2.75) is 62.9 Å². The second kappa shape index (κ2) is 16.0. The molecule has 12 nitrogen and oxygen atoms in total. The molecule has 3 aromatic carbocycles. The number of hydrogen-bond donors (Lipinski definition) is 3. The number of rotatable bonds is 11. The van der Waals surface area contributed by atoms with E-state index >= 15 is 0 Å². The molecule has 272 valence electrons. The van der Waals surface area contributed by atoms with Crippen LogP contribution in [0.4, 0.5) is 0 Å². The number of carbonyl (C=O) groups excluding carboxylic acids is 3. The minimum Gasteiger partial charge on any atom is -0.457 e. The first-order chi connectivity index (χ1) is 24.9. The van der Waals surface area contributed by atoms with Crippen molar-refractivity contribution in [3.63, 3.8) is 0 Å². The molecule has 0 radical (unpaired) electrons. The summed E-state index contributed by atoms with van der Waals surface area (Å²) in [6.45, 7) is -0.336. The highest BCUT2D eigenvalue weighted by Gasteiger charge is 2.49. The van der Waals surface area contributed by atoms with E-state index in [9.17, 15) is 28.0 Å². The van der Waals surface area contributed by atoms with Crippen LogP contribution < -0.4 is 14.9 Å². The monoisotopic (exact) mass is 767 g/mol. The second-order valence-corrected chi connectivity index (χ2v) is 15.4. The van der Waals surface area contributed by atoms with Crippen LogP contribution in [0.1, 0.15) is 80.7 Å². The summed E-state index contributed by atoms with van der Waals surface area (Å²) in [5.41, 5.74) is 4.88. The third kappa shape index (κ3) is 8.40. The number of hydroxylamine groups is 1. The van der Waals surface area contributed by atoms with Crippen LogP contribution in [0.5, 0.6) is 0 Å². The van der Waals surface area contributed by atoms with Gasteiger partial charge in [0.2, 0.25) is 16.2 Å². The summed E-state index contributed by atoms with van der Waals surface area (Å²) < 4.78 is 33.8. The maximum atomic E-state index is 14.4. The molecule has 0 spiro atoms. The van der Waals surface area contributed by atoms with Crippen molar-refractivity contribution < 1.29 is 42.3 Å². The van der Waals surface area contributed by atoms with E-state index in [0.29, 0.717) is 45.7 Å². The fourth-order valence-corrected chi connectivity index (χ4v) is 8.29. The maximum absolute atomic E-state index is 14.4. The van der Waals surface area contributed by atoms with Gasteiger partial charge in [-0.2, -0.15) is 0 Å². The summed E-state index contributed by atoms with van der Waals surface area (Å²) in [5, 5.41) is 11.2. The highest BCUT2D eigenvalue weighted by atomic mass is 35.5. The highest BCUT2D eigenvalue weighted by molar-refractivity contribution is 7.88. The predicted octanol–water partition coefficient (Wildman–Crippen LogP) is 5.26. The number of esters is 1. The van der Waals surface area contributed by atoms with E-state index in [1.807, 2.05) is 0 Å². The van der Waals surface area contributed by atoms with Gasteiger partial charge in [-0.3, -0.25) is 19.6 Å². The largest absolute Gasteiger partial charge is 0.457 e. The van der Waals surface area contributed by atoms with Crippen LogP contribution in [-0.4, -0.2) is 54.6 Å².